The van der Waals surface area contributed by atoms with Crippen LogP contribution in [0, 0.1) is 11.3 Å². The highest BCUT2D eigenvalue weighted by atomic mass is 16.4. The summed E-state index contributed by atoms with van der Waals surface area (Å²) in [6.07, 6.45) is 4.43. The molecule has 0 aromatic carbocycles. The van der Waals surface area contributed by atoms with Gasteiger partial charge in [-0.15, -0.1) is 0 Å². The number of unbranched alkanes of at least 4 members (excludes halogenated alkanes) is 1. The molecule has 17 heavy (non-hydrogen) atoms. The van der Waals surface area contributed by atoms with Crippen molar-refractivity contribution in [3.8, 4) is 0 Å². The molecule has 0 saturated carbocycles. The molecule has 3 heteroatoms. The molecule has 0 amide bonds. The average molecular weight is 243 g/mol. The SMILES string of the molecule is CCCCC(C)C(C)NCCC(C)(C)C(=O)O. The minimum Gasteiger partial charge on any atom is -0.481 e. The van der Waals surface area contributed by atoms with E-state index in [1.807, 2.05) is 0 Å². The second-order valence-corrected chi connectivity index (χ2v) is 5.80. The van der Waals surface area contributed by atoms with Crippen LogP contribution in [0.2, 0.25) is 0 Å². The van der Waals surface area contributed by atoms with E-state index in [0.717, 1.165) is 6.54 Å². The lowest BCUT2D eigenvalue weighted by Crippen LogP contribution is -2.36. The van der Waals surface area contributed by atoms with Crippen LogP contribution in [0.1, 0.15) is 60.3 Å². The van der Waals surface area contributed by atoms with E-state index in [1.165, 1.54) is 19.3 Å². The van der Waals surface area contributed by atoms with Crippen LogP contribution < -0.4 is 5.32 Å². The molecule has 2 N–H and O–H groups in total. The second kappa shape index (κ2) is 7.70. The first kappa shape index (κ1) is 16.4. The number of hydrogen-bond donors (Lipinski definition) is 2. The molecule has 3 nitrogen and oxygen atoms in total. The zero-order valence-electron chi connectivity index (χ0n) is 12.0. The summed E-state index contributed by atoms with van der Waals surface area (Å²) in [5, 5.41) is 12.4. The standard InChI is InChI=1S/C14H29NO2/c1-6-7-8-11(2)12(3)15-10-9-14(4,5)13(16)17/h11-12,15H,6-10H2,1-5H3,(H,16,17). The average Bonchev–Trinajstić information content (AvgIpc) is 2.25. The molecule has 0 fully saturated rings. The Morgan fingerprint density at radius 1 is 1.35 bits per heavy atom. The summed E-state index contributed by atoms with van der Waals surface area (Å²) in [4.78, 5) is 10.9. The monoisotopic (exact) mass is 243 g/mol. The number of hydrogen-bond acceptors (Lipinski definition) is 2. The topological polar surface area (TPSA) is 49.3 Å². The van der Waals surface area contributed by atoms with Gasteiger partial charge in [0, 0.05) is 6.04 Å². The number of carbonyl (C=O) groups is 1. The van der Waals surface area contributed by atoms with Gasteiger partial charge in [-0.2, -0.15) is 0 Å². The molecule has 0 saturated heterocycles. The summed E-state index contributed by atoms with van der Waals surface area (Å²) in [5.41, 5.74) is -0.626. The Bertz CT molecular complexity index is 226. The summed E-state index contributed by atoms with van der Waals surface area (Å²) in [6.45, 7) is 11.0. The third kappa shape index (κ3) is 6.67. The molecule has 2 unspecified atom stereocenters. The van der Waals surface area contributed by atoms with E-state index in [-0.39, 0.29) is 0 Å². The third-order valence-electron chi connectivity index (χ3n) is 3.66. The van der Waals surface area contributed by atoms with Crippen LogP contribution in [0.3, 0.4) is 0 Å². The Labute approximate surface area is 106 Å². The minimum atomic E-state index is -0.717. The highest BCUT2D eigenvalue weighted by molar-refractivity contribution is 5.73. The van der Waals surface area contributed by atoms with E-state index < -0.39 is 11.4 Å². The number of carboxylic acids is 1. The van der Waals surface area contributed by atoms with E-state index in [0.29, 0.717) is 18.4 Å². The lowest BCUT2D eigenvalue weighted by molar-refractivity contribution is -0.147. The largest absolute Gasteiger partial charge is 0.481 e. The van der Waals surface area contributed by atoms with Crippen molar-refractivity contribution in [3.05, 3.63) is 0 Å². The summed E-state index contributed by atoms with van der Waals surface area (Å²) in [5.74, 6) is -0.0612. The van der Waals surface area contributed by atoms with Crippen LogP contribution in [0.15, 0.2) is 0 Å². The van der Waals surface area contributed by atoms with Crippen molar-refractivity contribution in [3.63, 3.8) is 0 Å². The van der Waals surface area contributed by atoms with Crippen LogP contribution >= 0.6 is 0 Å². The molecule has 102 valence electrons. The van der Waals surface area contributed by atoms with Crippen molar-refractivity contribution in [2.24, 2.45) is 11.3 Å². The van der Waals surface area contributed by atoms with Crippen LogP contribution in [0.25, 0.3) is 0 Å². The quantitative estimate of drug-likeness (QED) is 0.653. The molecular weight excluding hydrogens is 214 g/mol. The smallest absolute Gasteiger partial charge is 0.309 e. The Kier molecular flexibility index (Phi) is 7.44. The molecular formula is C14H29NO2. The lowest BCUT2D eigenvalue weighted by Gasteiger charge is -2.24. The van der Waals surface area contributed by atoms with Crippen LogP contribution in [-0.2, 0) is 4.79 Å². The van der Waals surface area contributed by atoms with Gasteiger partial charge in [-0.1, -0.05) is 26.7 Å². The fourth-order valence-electron chi connectivity index (χ4n) is 1.70. The highest BCUT2D eigenvalue weighted by Crippen LogP contribution is 2.20. The fourth-order valence-corrected chi connectivity index (χ4v) is 1.70. The molecule has 0 heterocycles. The predicted octanol–water partition coefficient (Wildman–Crippen LogP) is 3.29. The van der Waals surface area contributed by atoms with Gasteiger partial charge in [-0.3, -0.25) is 4.79 Å². The molecule has 0 aromatic rings. The summed E-state index contributed by atoms with van der Waals surface area (Å²) in [7, 11) is 0. The van der Waals surface area contributed by atoms with Gasteiger partial charge in [0.15, 0.2) is 0 Å². The van der Waals surface area contributed by atoms with Gasteiger partial charge in [0.05, 0.1) is 5.41 Å². The van der Waals surface area contributed by atoms with E-state index >= 15 is 0 Å². The summed E-state index contributed by atoms with van der Waals surface area (Å²) in [6, 6.07) is 0.464. The number of rotatable bonds is 9. The maximum atomic E-state index is 10.9. The summed E-state index contributed by atoms with van der Waals surface area (Å²) >= 11 is 0. The maximum absolute atomic E-state index is 10.9. The second-order valence-electron chi connectivity index (χ2n) is 5.80. The highest BCUT2D eigenvalue weighted by Gasteiger charge is 2.26. The van der Waals surface area contributed by atoms with E-state index in [9.17, 15) is 4.79 Å². The van der Waals surface area contributed by atoms with Gasteiger partial charge in [-0.05, 0) is 46.1 Å². The van der Waals surface area contributed by atoms with Gasteiger partial charge in [0.25, 0.3) is 0 Å². The molecule has 0 radical (unpaired) electrons. The number of nitrogens with one attached hydrogen (secondary N) is 1. The molecule has 0 aliphatic rings. The van der Waals surface area contributed by atoms with Crippen molar-refractivity contribution >= 4 is 5.97 Å². The van der Waals surface area contributed by atoms with Gasteiger partial charge < -0.3 is 10.4 Å². The van der Waals surface area contributed by atoms with Crippen LogP contribution in [0.4, 0.5) is 0 Å². The fraction of sp³-hybridized carbons (Fsp3) is 0.929. The Morgan fingerprint density at radius 2 is 1.94 bits per heavy atom. The molecule has 0 aromatic heterocycles. The number of carboxylic acid groups (broad SMARTS) is 1. The zero-order valence-corrected chi connectivity index (χ0v) is 12.0. The Balaban J connectivity index is 3.84. The Hall–Kier alpha value is -0.570. The molecule has 0 rings (SSSR count). The van der Waals surface area contributed by atoms with Crippen molar-refractivity contribution in [2.75, 3.05) is 6.54 Å². The van der Waals surface area contributed by atoms with E-state index in [4.69, 9.17) is 5.11 Å². The van der Waals surface area contributed by atoms with Gasteiger partial charge in [0.2, 0.25) is 0 Å². The normalized spacial score (nSPS) is 15.6. The Morgan fingerprint density at radius 3 is 2.41 bits per heavy atom. The zero-order chi connectivity index (χ0) is 13.5. The van der Waals surface area contributed by atoms with E-state index in [2.05, 4.69) is 26.1 Å². The van der Waals surface area contributed by atoms with Crippen LogP contribution in [-0.4, -0.2) is 23.7 Å². The van der Waals surface area contributed by atoms with E-state index in [1.54, 1.807) is 13.8 Å². The van der Waals surface area contributed by atoms with Gasteiger partial charge >= 0.3 is 5.97 Å². The first-order valence-corrected chi connectivity index (χ1v) is 6.78. The van der Waals surface area contributed by atoms with Gasteiger partial charge in [-0.25, -0.2) is 0 Å². The van der Waals surface area contributed by atoms with Crippen molar-refractivity contribution in [1.82, 2.24) is 5.32 Å². The van der Waals surface area contributed by atoms with Crippen molar-refractivity contribution < 1.29 is 9.90 Å². The first-order valence-electron chi connectivity index (χ1n) is 6.78. The van der Waals surface area contributed by atoms with Crippen LogP contribution in [0.5, 0.6) is 0 Å². The predicted molar refractivity (Wildman–Crippen MR) is 72.2 cm³/mol. The summed E-state index contributed by atoms with van der Waals surface area (Å²) < 4.78 is 0. The lowest BCUT2D eigenvalue weighted by atomic mass is 9.89. The molecule has 2 atom stereocenters. The van der Waals surface area contributed by atoms with Gasteiger partial charge in [0.1, 0.15) is 0 Å². The maximum Gasteiger partial charge on any atom is 0.309 e. The van der Waals surface area contributed by atoms with Crippen molar-refractivity contribution in [1.29, 1.82) is 0 Å². The number of aliphatic carboxylic acids is 1. The first-order chi connectivity index (χ1) is 7.81. The molecule has 0 aliphatic heterocycles. The third-order valence-corrected chi connectivity index (χ3v) is 3.66. The molecule has 0 bridgehead atoms. The van der Waals surface area contributed by atoms with Crippen molar-refractivity contribution in [2.45, 2.75) is 66.3 Å². The minimum absolute atomic E-state index is 0.464. The molecule has 0 aliphatic carbocycles. The molecule has 0 spiro atoms.